The van der Waals surface area contributed by atoms with Crippen LogP contribution in [0.15, 0.2) is 42.9 Å². The van der Waals surface area contributed by atoms with Gasteiger partial charge in [-0.2, -0.15) is 10.1 Å². The van der Waals surface area contributed by atoms with E-state index in [0.29, 0.717) is 34.2 Å². The lowest BCUT2D eigenvalue weighted by molar-refractivity contribution is -0.133. The van der Waals surface area contributed by atoms with Crippen LogP contribution in [0.2, 0.25) is 0 Å². The van der Waals surface area contributed by atoms with E-state index >= 15 is 0 Å². The van der Waals surface area contributed by atoms with Gasteiger partial charge >= 0.3 is 5.97 Å². The molecule has 0 N–H and O–H groups in total. The number of esters is 1. The van der Waals surface area contributed by atoms with Crippen LogP contribution >= 0.6 is 0 Å². The first-order valence-electron chi connectivity index (χ1n) is 8.84. The number of aromatic nitrogens is 4. The van der Waals surface area contributed by atoms with E-state index in [1.54, 1.807) is 38.2 Å². The summed E-state index contributed by atoms with van der Waals surface area (Å²) in [7, 11) is 2.70. The van der Waals surface area contributed by atoms with Crippen molar-refractivity contribution in [3.05, 3.63) is 71.4 Å². The second kappa shape index (κ2) is 8.87. The van der Waals surface area contributed by atoms with Gasteiger partial charge in [0.05, 0.1) is 56.4 Å². The maximum Gasteiger partial charge on any atom is 0.341 e. The van der Waals surface area contributed by atoms with Crippen molar-refractivity contribution in [3.8, 4) is 17.3 Å². The first kappa shape index (κ1) is 20.5. The van der Waals surface area contributed by atoms with Gasteiger partial charge in [-0.1, -0.05) is 18.2 Å². The van der Waals surface area contributed by atoms with Crippen LogP contribution < -0.4 is 4.74 Å². The third-order valence-electron chi connectivity index (χ3n) is 4.10. The van der Waals surface area contributed by atoms with Crippen molar-refractivity contribution >= 4 is 17.2 Å². The maximum absolute atomic E-state index is 12.3. The lowest BCUT2D eigenvalue weighted by atomic mass is 10.1. The molecule has 1 aromatic carbocycles. The summed E-state index contributed by atoms with van der Waals surface area (Å²) in [5.41, 5.74) is 2.07. The predicted molar refractivity (Wildman–Crippen MR) is 108 cm³/mol. The highest BCUT2D eigenvalue weighted by Crippen LogP contribution is 2.32. The Balaban J connectivity index is 2.04. The van der Waals surface area contributed by atoms with Crippen molar-refractivity contribution in [2.45, 2.75) is 13.8 Å². The van der Waals surface area contributed by atoms with Gasteiger partial charge < -0.3 is 14.2 Å². The van der Waals surface area contributed by atoms with Crippen LogP contribution in [0, 0.1) is 20.4 Å². The smallest absolute Gasteiger partial charge is 0.341 e. The normalized spacial score (nSPS) is 11.0. The molecule has 0 aliphatic carbocycles. The van der Waals surface area contributed by atoms with Crippen molar-refractivity contribution < 1.29 is 19.0 Å². The van der Waals surface area contributed by atoms with E-state index < -0.39 is 5.97 Å². The Labute approximate surface area is 173 Å². The Hall–Kier alpha value is -4.19. The van der Waals surface area contributed by atoms with Crippen molar-refractivity contribution in [2.24, 2.45) is 0 Å². The molecular formula is C21H19N5O4. The van der Waals surface area contributed by atoms with Crippen molar-refractivity contribution in [3.63, 3.8) is 0 Å². The molecule has 0 atom stereocenters. The molecule has 9 nitrogen and oxygen atoms in total. The standard InChI is InChI=1S/C21H19N5O4/c1-13-19(16(12-28-4)21(27)29-5)20(25-14(2)24-13)30-15-10-23-26(11-15)18-9-7-6-8-17(18)22-3/h6-12H,1-2,4-5H3/b16-12-. The average molecular weight is 405 g/mol. The molecule has 152 valence electrons. The van der Waals surface area contributed by atoms with Crippen LogP contribution in [0.1, 0.15) is 17.1 Å². The molecule has 30 heavy (non-hydrogen) atoms. The molecule has 0 aliphatic heterocycles. The molecule has 2 aromatic heterocycles. The zero-order valence-corrected chi connectivity index (χ0v) is 16.9. The lowest BCUT2D eigenvalue weighted by Crippen LogP contribution is -2.10. The van der Waals surface area contributed by atoms with Gasteiger partial charge in [-0.05, 0) is 19.9 Å². The van der Waals surface area contributed by atoms with Crippen molar-refractivity contribution in [2.75, 3.05) is 14.2 Å². The minimum absolute atomic E-state index is 0.123. The first-order valence-corrected chi connectivity index (χ1v) is 8.84. The van der Waals surface area contributed by atoms with Gasteiger partial charge in [0.15, 0.2) is 5.75 Å². The molecule has 2 heterocycles. The highest BCUT2D eigenvalue weighted by Gasteiger charge is 2.24. The Morgan fingerprint density at radius 2 is 1.97 bits per heavy atom. The van der Waals surface area contributed by atoms with Crippen LogP contribution in [0.3, 0.4) is 0 Å². The van der Waals surface area contributed by atoms with Gasteiger partial charge in [-0.3, -0.25) is 0 Å². The van der Waals surface area contributed by atoms with E-state index in [2.05, 4.69) is 19.9 Å². The fraction of sp³-hybridized carbons (Fsp3) is 0.190. The first-order chi connectivity index (χ1) is 14.5. The molecule has 0 amide bonds. The predicted octanol–water partition coefficient (Wildman–Crippen LogP) is 3.78. The minimum atomic E-state index is -0.612. The number of ether oxygens (including phenoxy) is 3. The number of hydrogen-bond donors (Lipinski definition) is 0. The minimum Gasteiger partial charge on any atom is -0.503 e. The monoisotopic (exact) mass is 405 g/mol. The van der Waals surface area contributed by atoms with E-state index in [9.17, 15) is 4.79 Å². The van der Waals surface area contributed by atoms with Gasteiger partial charge in [-0.15, -0.1) is 0 Å². The third-order valence-corrected chi connectivity index (χ3v) is 4.10. The summed E-state index contributed by atoms with van der Waals surface area (Å²) in [4.78, 5) is 24.4. The van der Waals surface area contributed by atoms with Gasteiger partial charge in [0, 0.05) is 0 Å². The van der Waals surface area contributed by atoms with Crippen LogP contribution in [0.5, 0.6) is 11.6 Å². The second-order valence-corrected chi connectivity index (χ2v) is 6.12. The maximum atomic E-state index is 12.3. The Morgan fingerprint density at radius 1 is 1.20 bits per heavy atom. The number of rotatable bonds is 6. The Bertz CT molecular complexity index is 1160. The summed E-state index contributed by atoms with van der Waals surface area (Å²) in [6.07, 6.45) is 4.38. The Morgan fingerprint density at radius 3 is 2.67 bits per heavy atom. The summed E-state index contributed by atoms with van der Waals surface area (Å²) in [6.45, 7) is 10.8. The fourth-order valence-corrected chi connectivity index (χ4v) is 2.86. The molecule has 0 unspecified atom stereocenters. The number of aryl methyl sites for hydroxylation is 2. The van der Waals surface area contributed by atoms with Crippen molar-refractivity contribution in [1.82, 2.24) is 19.7 Å². The summed E-state index contributed by atoms with van der Waals surface area (Å²) in [5.74, 6) is 0.388. The molecule has 0 saturated carbocycles. The van der Waals surface area contributed by atoms with E-state index in [4.69, 9.17) is 20.8 Å². The lowest BCUT2D eigenvalue weighted by Gasteiger charge is -2.13. The molecular weight excluding hydrogens is 386 g/mol. The zero-order chi connectivity index (χ0) is 21.7. The van der Waals surface area contributed by atoms with E-state index in [0.717, 1.165) is 0 Å². The number of para-hydroxylation sites is 2. The molecule has 3 rings (SSSR count). The summed E-state index contributed by atoms with van der Waals surface area (Å²) >= 11 is 0. The molecule has 0 radical (unpaired) electrons. The van der Waals surface area contributed by atoms with E-state index in [-0.39, 0.29) is 11.5 Å². The SMILES string of the molecule is [C-]#[N+]c1ccccc1-n1cc(Oc2nc(C)nc(C)c2/C(=C/OC)C(=O)OC)cn1. The summed E-state index contributed by atoms with van der Waals surface area (Å²) in [5, 5.41) is 4.27. The molecule has 0 aliphatic rings. The van der Waals surface area contributed by atoms with Gasteiger partial charge in [-0.25, -0.2) is 19.3 Å². The number of hydrogen-bond acceptors (Lipinski definition) is 7. The summed E-state index contributed by atoms with van der Waals surface area (Å²) < 4.78 is 17.4. The molecule has 3 aromatic rings. The number of nitrogens with zero attached hydrogens (tertiary/aromatic N) is 5. The number of benzene rings is 1. The quantitative estimate of drug-likeness (QED) is 0.267. The molecule has 0 bridgehead atoms. The van der Waals surface area contributed by atoms with Gasteiger partial charge in [0.1, 0.15) is 11.4 Å². The molecule has 9 heteroatoms. The van der Waals surface area contributed by atoms with E-state index in [1.165, 1.54) is 31.4 Å². The summed E-state index contributed by atoms with van der Waals surface area (Å²) in [6, 6.07) is 7.09. The van der Waals surface area contributed by atoms with Gasteiger partial charge in [0.2, 0.25) is 11.6 Å². The van der Waals surface area contributed by atoms with E-state index in [1.807, 2.05) is 6.07 Å². The topological polar surface area (TPSA) is 92.7 Å². The van der Waals surface area contributed by atoms with Crippen LogP contribution in [0.25, 0.3) is 16.1 Å². The van der Waals surface area contributed by atoms with Crippen molar-refractivity contribution in [1.29, 1.82) is 0 Å². The second-order valence-electron chi connectivity index (χ2n) is 6.12. The molecule has 0 spiro atoms. The molecule has 0 saturated heterocycles. The van der Waals surface area contributed by atoms with Crippen LogP contribution in [0.4, 0.5) is 5.69 Å². The largest absolute Gasteiger partial charge is 0.503 e. The number of methoxy groups -OCH3 is 2. The molecule has 0 fully saturated rings. The Kier molecular flexibility index (Phi) is 6.08. The third kappa shape index (κ3) is 4.12. The average Bonchev–Trinajstić information content (AvgIpc) is 3.20. The zero-order valence-electron chi connectivity index (χ0n) is 16.9. The van der Waals surface area contributed by atoms with Crippen LogP contribution in [-0.2, 0) is 14.3 Å². The number of carbonyl (C=O) groups excluding carboxylic acids is 1. The highest BCUT2D eigenvalue weighted by molar-refractivity contribution is 6.17. The van der Waals surface area contributed by atoms with Gasteiger partial charge in [0.25, 0.3) is 0 Å². The number of carbonyl (C=O) groups is 1. The highest BCUT2D eigenvalue weighted by atomic mass is 16.5. The van der Waals surface area contributed by atoms with Crippen LogP contribution in [-0.4, -0.2) is 39.9 Å². The fourth-order valence-electron chi connectivity index (χ4n) is 2.86.